The fraction of sp³-hybridized carbons (Fsp3) is 0.250. The molecule has 0 aliphatic carbocycles. The van der Waals surface area contributed by atoms with Crippen LogP contribution >= 0.6 is 0 Å². The van der Waals surface area contributed by atoms with Crippen molar-refractivity contribution in [1.29, 1.82) is 0 Å². The molecule has 3 N–H and O–H groups in total. The summed E-state index contributed by atoms with van der Waals surface area (Å²) in [4.78, 5) is 26.1. The molecule has 3 heterocycles. The molecular formula is C12H10F3N7O4S. The molecule has 0 unspecified atom stereocenters. The molecule has 0 spiro atoms. The number of aromatic nitrogens is 6. The number of fused-ring (bicyclic) bond motifs is 1. The summed E-state index contributed by atoms with van der Waals surface area (Å²) in [5.74, 6) is -0.501. The molecule has 0 atom stereocenters. The SMILES string of the molecule is CS(=O)(=O)c1nc(=NCC(F)(F)F)n2ncc(=Cc3[nH]c(=O)[nH]c3O)c2n1. The van der Waals surface area contributed by atoms with Crippen molar-refractivity contribution in [3.8, 4) is 5.88 Å². The summed E-state index contributed by atoms with van der Waals surface area (Å²) in [6, 6.07) is 0. The maximum Gasteiger partial charge on any atom is 0.408 e. The second-order valence-electron chi connectivity index (χ2n) is 5.33. The van der Waals surface area contributed by atoms with Crippen LogP contribution in [0.1, 0.15) is 5.69 Å². The lowest BCUT2D eigenvalue weighted by atomic mass is 10.3. The average molecular weight is 405 g/mol. The standard InChI is InChI=1S/C12H10F3N7O4S/c1-27(25,26)11-19-7-5(2-6-8(23)20-10(24)18-6)3-17-22(7)9(21-11)16-4-12(13,14)15/h2-3,23H,4H2,1H3,(H2,18,20,24). The molecule has 0 saturated heterocycles. The lowest BCUT2D eigenvalue weighted by Gasteiger charge is -2.02. The molecule has 3 rings (SSSR count). The van der Waals surface area contributed by atoms with Gasteiger partial charge >= 0.3 is 11.9 Å². The van der Waals surface area contributed by atoms with Crippen LogP contribution in [-0.2, 0) is 9.84 Å². The molecule has 144 valence electrons. The largest absolute Gasteiger partial charge is 0.493 e. The van der Waals surface area contributed by atoms with Crippen molar-refractivity contribution in [2.24, 2.45) is 4.99 Å². The molecule has 0 aliphatic heterocycles. The second kappa shape index (κ2) is 6.19. The van der Waals surface area contributed by atoms with Gasteiger partial charge < -0.3 is 10.1 Å². The van der Waals surface area contributed by atoms with Crippen molar-refractivity contribution in [3.05, 3.63) is 33.2 Å². The minimum absolute atomic E-state index is 0.0665. The first-order valence-corrected chi connectivity index (χ1v) is 8.89. The van der Waals surface area contributed by atoms with Crippen molar-refractivity contribution >= 4 is 21.6 Å². The lowest BCUT2D eigenvalue weighted by molar-refractivity contribution is -0.118. The van der Waals surface area contributed by atoms with Crippen LogP contribution in [0.15, 0.2) is 21.1 Å². The van der Waals surface area contributed by atoms with Crippen molar-refractivity contribution in [1.82, 2.24) is 29.5 Å². The number of aromatic amines is 2. The maximum atomic E-state index is 12.5. The minimum Gasteiger partial charge on any atom is -0.493 e. The van der Waals surface area contributed by atoms with Crippen LogP contribution in [0.5, 0.6) is 5.88 Å². The molecule has 0 fully saturated rings. The third kappa shape index (κ3) is 3.97. The van der Waals surface area contributed by atoms with Crippen molar-refractivity contribution in [3.63, 3.8) is 0 Å². The van der Waals surface area contributed by atoms with Gasteiger partial charge in [-0.1, -0.05) is 0 Å². The summed E-state index contributed by atoms with van der Waals surface area (Å²) in [7, 11) is -3.97. The third-order valence-electron chi connectivity index (χ3n) is 3.12. The number of aromatic hydroxyl groups is 1. The van der Waals surface area contributed by atoms with Gasteiger partial charge in [-0.15, -0.1) is 0 Å². The second-order valence-corrected chi connectivity index (χ2v) is 7.24. The zero-order valence-corrected chi connectivity index (χ0v) is 14.1. The Hall–Kier alpha value is -3.23. The molecular weight excluding hydrogens is 395 g/mol. The number of halogens is 3. The van der Waals surface area contributed by atoms with E-state index in [-0.39, 0.29) is 16.6 Å². The molecule has 3 aromatic rings. The summed E-state index contributed by atoms with van der Waals surface area (Å²) in [6.45, 7) is -1.60. The summed E-state index contributed by atoms with van der Waals surface area (Å²) < 4.78 is 61.7. The van der Waals surface area contributed by atoms with Gasteiger partial charge in [0.1, 0.15) is 12.2 Å². The maximum absolute atomic E-state index is 12.5. The molecule has 0 radical (unpaired) electrons. The van der Waals surface area contributed by atoms with Crippen LogP contribution in [0.4, 0.5) is 13.2 Å². The molecule has 11 nitrogen and oxygen atoms in total. The average Bonchev–Trinajstić information content (AvgIpc) is 3.07. The van der Waals surface area contributed by atoms with Gasteiger partial charge in [0.25, 0.3) is 10.8 Å². The van der Waals surface area contributed by atoms with Gasteiger partial charge in [0, 0.05) is 11.5 Å². The summed E-state index contributed by atoms with van der Waals surface area (Å²) >= 11 is 0. The normalized spacial score (nSPS) is 14.4. The highest BCUT2D eigenvalue weighted by Gasteiger charge is 2.27. The van der Waals surface area contributed by atoms with E-state index < -0.39 is 44.9 Å². The first kappa shape index (κ1) is 18.6. The summed E-state index contributed by atoms with van der Waals surface area (Å²) in [5, 5.41) is 12.7. The van der Waals surface area contributed by atoms with Crippen LogP contribution in [0.2, 0.25) is 0 Å². The number of nitrogens with zero attached hydrogens (tertiary/aromatic N) is 5. The monoisotopic (exact) mass is 405 g/mol. The van der Waals surface area contributed by atoms with Crippen LogP contribution in [-0.4, -0.2) is 62.1 Å². The molecule has 0 aromatic carbocycles. The quantitative estimate of drug-likeness (QED) is 0.466. The smallest absolute Gasteiger partial charge is 0.408 e. The first-order valence-electron chi connectivity index (χ1n) is 7.00. The predicted molar refractivity (Wildman–Crippen MR) is 82.2 cm³/mol. The Balaban J connectivity index is 2.34. The molecule has 3 aromatic heterocycles. The van der Waals surface area contributed by atoms with E-state index in [2.05, 4.69) is 30.0 Å². The number of nitrogens with one attached hydrogen (secondary N) is 2. The molecule has 0 amide bonds. The fourth-order valence-electron chi connectivity index (χ4n) is 2.04. The highest BCUT2D eigenvalue weighted by Crippen LogP contribution is 2.13. The Bertz CT molecular complexity index is 1300. The molecule has 0 saturated carbocycles. The number of hydrogen-bond donors (Lipinski definition) is 3. The number of rotatable bonds is 3. The zero-order valence-electron chi connectivity index (χ0n) is 13.3. The van der Waals surface area contributed by atoms with E-state index in [1.165, 1.54) is 6.08 Å². The number of imidazole rings is 1. The summed E-state index contributed by atoms with van der Waals surface area (Å²) in [5.41, 5.74) is -1.58. The Morgan fingerprint density at radius 1 is 1.33 bits per heavy atom. The molecule has 15 heteroatoms. The van der Waals surface area contributed by atoms with Crippen LogP contribution in [0.25, 0.3) is 11.7 Å². The van der Waals surface area contributed by atoms with Gasteiger partial charge in [-0.3, -0.25) is 4.98 Å². The third-order valence-corrected chi connectivity index (χ3v) is 3.97. The highest BCUT2D eigenvalue weighted by atomic mass is 32.2. The number of sulfone groups is 1. The van der Waals surface area contributed by atoms with Crippen LogP contribution < -0.4 is 16.5 Å². The lowest BCUT2D eigenvalue weighted by Crippen LogP contribution is -2.27. The van der Waals surface area contributed by atoms with Crippen molar-refractivity contribution in [2.75, 3.05) is 12.8 Å². The van der Waals surface area contributed by atoms with Crippen LogP contribution in [0.3, 0.4) is 0 Å². The topological polar surface area (TPSA) is 158 Å². The van der Waals surface area contributed by atoms with Crippen LogP contribution in [0, 0.1) is 0 Å². The van der Waals surface area contributed by atoms with E-state index in [1.54, 1.807) is 0 Å². The zero-order chi connectivity index (χ0) is 20.0. The highest BCUT2D eigenvalue weighted by molar-refractivity contribution is 7.90. The first-order chi connectivity index (χ1) is 12.4. The number of hydrogen-bond acceptors (Lipinski definition) is 8. The van der Waals surface area contributed by atoms with Crippen molar-refractivity contribution in [2.45, 2.75) is 11.3 Å². The predicted octanol–water partition coefficient (Wildman–Crippen LogP) is -1.74. The van der Waals surface area contributed by atoms with E-state index in [9.17, 15) is 31.5 Å². The Kier molecular flexibility index (Phi) is 4.25. The van der Waals surface area contributed by atoms with E-state index in [0.29, 0.717) is 0 Å². The minimum atomic E-state index is -4.64. The van der Waals surface area contributed by atoms with Gasteiger partial charge in [-0.25, -0.2) is 18.2 Å². The molecule has 0 aliphatic rings. The van der Waals surface area contributed by atoms with Gasteiger partial charge in [-0.05, 0) is 6.08 Å². The number of H-pyrrole nitrogens is 2. The van der Waals surface area contributed by atoms with Gasteiger partial charge in [0.05, 0.1) is 6.20 Å². The van der Waals surface area contributed by atoms with E-state index in [4.69, 9.17) is 0 Å². The van der Waals surface area contributed by atoms with E-state index in [0.717, 1.165) is 17.0 Å². The summed E-state index contributed by atoms with van der Waals surface area (Å²) in [6.07, 6.45) is -1.53. The van der Waals surface area contributed by atoms with Crippen molar-refractivity contribution < 1.29 is 26.7 Å². The van der Waals surface area contributed by atoms with E-state index >= 15 is 0 Å². The fourth-order valence-corrected chi connectivity index (χ4v) is 2.54. The van der Waals surface area contributed by atoms with Gasteiger partial charge in [0.15, 0.2) is 5.65 Å². The molecule has 0 bridgehead atoms. The Morgan fingerprint density at radius 3 is 2.59 bits per heavy atom. The Labute approximate surface area is 146 Å². The van der Waals surface area contributed by atoms with Gasteiger partial charge in [-0.2, -0.15) is 32.8 Å². The number of alkyl halides is 3. The Morgan fingerprint density at radius 2 is 2.04 bits per heavy atom. The van der Waals surface area contributed by atoms with Gasteiger partial charge in [0.2, 0.25) is 15.7 Å². The van der Waals surface area contributed by atoms with E-state index in [1.807, 2.05) is 0 Å². The molecule has 27 heavy (non-hydrogen) atoms.